The van der Waals surface area contributed by atoms with Gasteiger partial charge in [-0.2, -0.15) is 4.39 Å². The van der Waals surface area contributed by atoms with E-state index < -0.39 is 5.95 Å². The van der Waals surface area contributed by atoms with E-state index in [9.17, 15) is 9.18 Å². The Kier molecular flexibility index (Phi) is 3.82. The highest BCUT2D eigenvalue weighted by atomic mass is 19.1. The number of hydrogen-bond acceptors (Lipinski definition) is 3. The van der Waals surface area contributed by atoms with Crippen molar-refractivity contribution in [2.45, 2.75) is 0 Å². The number of aliphatic imine (C=N–C) groups is 1. The second-order valence-electron chi connectivity index (χ2n) is 5.68. The molecule has 0 aliphatic carbocycles. The molecule has 2 aromatic carbocycles. The van der Waals surface area contributed by atoms with Gasteiger partial charge in [0, 0.05) is 16.7 Å². The van der Waals surface area contributed by atoms with Crippen LogP contribution < -0.4 is 5.32 Å². The molecule has 1 aliphatic heterocycles. The number of amides is 1. The van der Waals surface area contributed by atoms with Gasteiger partial charge in [0.2, 0.25) is 11.9 Å². The van der Waals surface area contributed by atoms with E-state index in [-0.39, 0.29) is 12.5 Å². The van der Waals surface area contributed by atoms with Gasteiger partial charge in [0.15, 0.2) is 0 Å². The van der Waals surface area contributed by atoms with Gasteiger partial charge in [-0.25, -0.2) is 4.98 Å². The third kappa shape index (κ3) is 3.04. The van der Waals surface area contributed by atoms with Crippen LogP contribution in [-0.2, 0) is 4.79 Å². The fraction of sp³-hybridized carbons (Fsp3) is 0.0500. The molecule has 1 N–H and O–H groups in total. The standard InChI is InChI=1S/C20H14FN3O/c21-18-8-4-7-16(23-18)14-9-10-17-15(11-14)20(22-12-19(25)24-17)13-5-2-1-3-6-13/h1-11H,12H2,(H,24,25). The van der Waals surface area contributed by atoms with E-state index in [0.717, 1.165) is 22.4 Å². The van der Waals surface area contributed by atoms with Crippen molar-refractivity contribution < 1.29 is 9.18 Å². The molecule has 0 spiro atoms. The van der Waals surface area contributed by atoms with Gasteiger partial charge in [-0.1, -0.05) is 42.5 Å². The molecule has 0 radical (unpaired) electrons. The van der Waals surface area contributed by atoms with Gasteiger partial charge >= 0.3 is 0 Å². The molecule has 122 valence electrons. The van der Waals surface area contributed by atoms with Crippen LogP contribution in [0.5, 0.6) is 0 Å². The van der Waals surface area contributed by atoms with Crippen molar-refractivity contribution in [2.75, 3.05) is 11.9 Å². The van der Waals surface area contributed by atoms with Crippen molar-refractivity contribution in [3.63, 3.8) is 0 Å². The molecular weight excluding hydrogens is 317 g/mol. The predicted octanol–water partition coefficient (Wildman–Crippen LogP) is 3.68. The monoisotopic (exact) mass is 331 g/mol. The number of benzene rings is 2. The molecule has 1 aromatic heterocycles. The van der Waals surface area contributed by atoms with Crippen LogP contribution in [0.15, 0.2) is 71.7 Å². The fourth-order valence-electron chi connectivity index (χ4n) is 2.85. The maximum Gasteiger partial charge on any atom is 0.246 e. The van der Waals surface area contributed by atoms with Crippen molar-refractivity contribution in [3.8, 4) is 11.3 Å². The van der Waals surface area contributed by atoms with E-state index in [0.29, 0.717) is 11.4 Å². The normalized spacial score (nSPS) is 13.5. The Morgan fingerprint density at radius 2 is 1.76 bits per heavy atom. The lowest BCUT2D eigenvalue weighted by Crippen LogP contribution is -2.13. The molecule has 0 saturated carbocycles. The Morgan fingerprint density at radius 1 is 0.920 bits per heavy atom. The summed E-state index contributed by atoms with van der Waals surface area (Å²) in [5, 5.41) is 2.86. The average molecular weight is 331 g/mol. The van der Waals surface area contributed by atoms with Crippen molar-refractivity contribution >= 4 is 17.3 Å². The smallest absolute Gasteiger partial charge is 0.246 e. The topological polar surface area (TPSA) is 54.4 Å². The molecule has 25 heavy (non-hydrogen) atoms. The largest absolute Gasteiger partial charge is 0.324 e. The van der Waals surface area contributed by atoms with Crippen molar-refractivity contribution in [1.29, 1.82) is 0 Å². The summed E-state index contributed by atoms with van der Waals surface area (Å²) in [4.78, 5) is 20.4. The van der Waals surface area contributed by atoms with Gasteiger partial charge in [-0.05, 0) is 24.3 Å². The maximum absolute atomic E-state index is 13.5. The summed E-state index contributed by atoms with van der Waals surface area (Å²) in [6, 6.07) is 19.9. The van der Waals surface area contributed by atoms with Crippen LogP contribution in [0.25, 0.3) is 11.3 Å². The lowest BCUT2D eigenvalue weighted by molar-refractivity contribution is -0.114. The number of nitrogens with zero attached hydrogens (tertiary/aromatic N) is 2. The van der Waals surface area contributed by atoms with Gasteiger partial charge in [-0.3, -0.25) is 9.79 Å². The molecule has 2 heterocycles. The first kappa shape index (κ1) is 15.2. The number of halogens is 1. The molecule has 0 unspecified atom stereocenters. The minimum atomic E-state index is -0.530. The van der Waals surface area contributed by atoms with E-state index in [1.807, 2.05) is 42.5 Å². The van der Waals surface area contributed by atoms with Gasteiger partial charge in [0.05, 0.1) is 17.1 Å². The van der Waals surface area contributed by atoms with Crippen LogP contribution in [-0.4, -0.2) is 23.1 Å². The van der Waals surface area contributed by atoms with Crippen molar-refractivity contribution in [1.82, 2.24) is 4.98 Å². The second-order valence-corrected chi connectivity index (χ2v) is 5.68. The minimum absolute atomic E-state index is 0.0620. The number of rotatable bonds is 2. The van der Waals surface area contributed by atoms with E-state index >= 15 is 0 Å². The summed E-state index contributed by atoms with van der Waals surface area (Å²) >= 11 is 0. The Labute approximate surface area is 144 Å². The number of anilines is 1. The number of fused-ring (bicyclic) bond motifs is 1. The Balaban J connectivity index is 1.88. The van der Waals surface area contributed by atoms with Gasteiger partial charge < -0.3 is 5.32 Å². The zero-order chi connectivity index (χ0) is 17.2. The van der Waals surface area contributed by atoms with Crippen LogP contribution in [0.1, 0.15) is 11.1 Å². The molecule has 0 saturated heterocycles. The van der Waals surface area contributed by atoms with Crippen molar-refractivity contribution in [2.24, 2.45) is 4.99 Å². The third-order valence-corrected chi connectivity index (χ3v) is 3.99. The summed E-state index contributed by atoms with van der Waals surface area (Å²) < 4.78 is 13.5. The molecule has 1 aliphatic rings. The first-order valence-electron chi connectivity index (χ1n) is 7.88. The predicted molar refractivity (Wildman–Crippen MR) is 95.2 cm³/mol. The zero-order valence-corrected chi connectivity index (χ0v) is 13.2. The van der Waals surface area contributed by atoms with E-state index in [4.69, 9.17) is 0 Å². The number of aromatic nitrogens is 1. The molecule has 1 amide bonds. The molecule has 4 nitrogen and oxygen atoms in total. The van der Waals surface area contributed by atoms with Crippen LogP contribution in [0, 0.1) is 5.95 Å². The number of carbonyl (C=O) groups is 1. The molecule has 5 heteroatoms. The maximum atomic E-state index is 13.5. The van der Waals surface area contributed by atoms with Crippen molar-refractivity contribution in [3.05, 3.63) is 83.8 Å². The summed E-state index contributed by atoms with van der Waals surface area (Å²) in [5.74, 6) is -0.693. The van der Waals surface area contributed by atoms with Gasteiger partial charge in [0.1, 0.15) is 6.54 Å². The lowest BCUT2D eigenvalue weighted by atomic mass is 9.97. The first-order chi connectivity index (χ1) is 12.2. The summed E-state index contributed by atoms with van der Waals surface area (Å²) in [6.07, 6.45) is 0. The zero-order valence-electron chi connectivity index (χ0n) is 13.2. The Morgan fingerprint density at radius 3 is 2.56 bits per heavy atom. The molecule has 0 bridgehead atoms. The van der Waals surface area contributed by atoms with Crippen LogP contribution in [0.4, 0.5) is 10.1 Å². The Hall–Kier alpha value is -3.34. The number of benzodiazepines with no additional fused rings is 1. The van der Waals surface area contributed by atoms with E-state index in [2.05, 4.69) is 15.3 Å². The average Bonchev–Trinajstić information content (AvgIpc) is 2.80. The summed E-state index contributed by atoms with van der Waals surface area (Å²) in [5.41, 5.74) is 4.42. The number of pyridine rings is 1. The van der Waals surface area contributed by atoms with Gasteiger partial charge in [0.25, 0.3) is 0 Å². The first-order valence-corrected chi connectivity index (χ1v) is 7.88. The molecule has 3 aromatic rings. The summed E-state index contributed by atoms with van der Waals surface area (Å²) in [6.45, 7) is 0.0620. The minimum Gasteiger partial charge on any atom is -0.324 e. The van der Waals surface area contributed by atoms with E-state index in [1.165, 1.54) is 6.07 Å². The highest BCUT2D eigenvalue weighted by molar-refractivity contribution is 6.19. The lowest BCUT2D eigenvalue weighted by Gasteiger charge is -2.12. The molecule has 0 fully saturated rings. The highest BCUT2D eigenvalue weighted by Crippen LogP contribution is 2.28. The number of carbonyl (C=O) groups excluding carboxylic acids is 1. The van der Waals surface area contributed by atoms with Crippen LogP contribution in [0.3, 0.4) is 0 Å². The van der Waals surface area contributed by atoms with Crippen LogP contribution in [0.2, 0.25) is 0 Å². The highest BCUT2D eigenvalue weighted by Gasteiger charge is 2.19. The Bertz CT molecular complexity index is 983. The SMILES string of the molecule is O=C1CN=C(c2ccccc2)c2cc(-c3cccc(F)n3)ccc2N1. The molecule has 4 rings (SSSR count). The van der Waals surface area contributed by atoms with E-state index in [1.54, 1.807) is 18.2 Å². The van der Waals surface area contributed by atoms with Crippen LogP contribution >= 0.6 is 0 Å². The fourth-order valence-corrected chi connectivity index (χ4v) is 2.85. The van der Waals surface area contributed by atoms with Gasteiger partial charge in [-0.15, -0.1) is 0 Å². The number of nitrogens with one attached hydrogen (secondary N) is 1. The second kappa shape index (κ2) is 6.28. The summed E-state index contributed by atoms with van der Waals surface area (Å²) in [7, 11) is 0. The number of hydrogen-bond donors (Lipinski definition) is 1. The molecular formula is C20H14FN3O. The quantitative estimate of drug-likeness (QED) is 0.728. The molecule has 0 atom stereocenters. The third-order valence-electron chi connectivity index (χ3n) is 3.99.